The van der Waals surface area contributed by atoms with Crippen molar-refractivity contribution in [2.45, 2.75) is 80.4 Å². The van der Waals surface area contributed by atoms with Crippen molar-refractivity contribution in [3.05, 3.63) is 11.1 Å². The van der Waals surface area contributed by atoms with Crippen LogP contribution in [-0.4, -0.2) is 69.0 Å². The predicted molar refractivity (Wildman–Crippen MR) is 88.7 cm³/mol. The maximum atomic E-state index is 13.7. The van der Waals surface area contributed by atoms with Crippen LogP contribution in [0.1, 0.15) is 40.0 Å². The molecule has 8 atom stereocenters. The lowest BCUT2D eigenvalue weighted by Crippen LogP contribution is -2.92. The summed E-state index contributed by atoms with van der Waals surface area (Å²) >= 11 is 0. The first-order valence-electron chi connectivity index (χ1n) is 10.0. The molecule has 5 aliphatic heterocycles. The molecular weight excluding hydrogens is 368 g/mol. The normalized spacial score (nSPS) is 62.2. The first-order chi connectivity index (χ1) is 13.1. The molecule has 2 bridgehead atoms. The molecule has 3 aliphatic carbocycles. The number of cyclic esters (lactones) is 1. The van der Waals surface area contributed by atoms with Gasteiger partial charge in [0, 0.05) is 23.0 Å². The van der Waals surface area contributed by atoms with E-state index >= 15 is 0 Å². The second-order valence-electron chi connectivity index (χ2n) is 10.1. The summed E-state index contributed by atoms with van der Waals surface area (Å²) < 4.78 is 23.4. The largest absolute Gasteiger partial charge is 0.458 e. The lowest BCUT2D eigenvalue weighted by Gasteiger charge is -2.74. The van der Waals surface area contributed by atoms with E-state index in [1.165, 1.54) is 0 Å². The van der Waals surface area contributed by atoms with E-state index in [-0.39, 0.29) is 36.9 Å². The Labute approximate surface area is 160 Å². The molecule has 0 amide bonds. The highest BCUT2D eigenvalue weighted by Gasteiger charge is 3.03. The van der Waals surface area contributed by atoms with Gasteiger partial charge >= 0.3 is 5.97 Å². The van der Waals surface area contributed by atoms with Gasteiger partial charge in [-0.2, -0.15) is 0 Å². The number of Topliss-reactive ketones (excluding diaryl/α,β-unsaturated/α-hetero) is 1. The number of carbonyl (C=O) groups is 2. The van der Waals surface area contributed by atoms with Gasteiger partial charge in [-0.1, -0.05) is 20.8 Å². The molecule has 6 fully saturated rings. The summed E-state index contributed by atoms with van der Waals surface area (Å²) in [5.74, 6) is -2.65. The Morgan fingerprint density at radius 2 is 1.86 bits per heavy atom. The molecule has 8 nitrogen and oxygen atoms in total. The molecule has 2 saturated carbocycles. The van der Waals surface area contributed by atoms with Crippen LogP contribution in [0.15, 0.2) is 11.1 Å². The molecule has 28 heavy (non-hydrogen) atoms. The maximum Gasteiger partial charge on any atom is 0.334 e. The van der Waals surface area contributed by atoms with Crippen LogP contribution in [0.5, 0.6) is 0 Å². The van der Waals surface area contributed by atoms with Gasteiger partial charge in [0.05, 0.1) is 0 Å². The lowest BCUT2D eigenvalue weighted by molar-refractivity contribution is -0.480. The van der Waals surface area contributed by atoms with Crippen molar-refractivity contribution in [3.8, 4) is 0 Å². The van der Waals surface area contributed by atoms with E-state index in [1.54, 1.807) is 0 Å². The Balaban J connectivity index is 1.47. The monoisotopic (exact) mass is 390 g/mol. The number of hydrogen-bond acceptors (Lipinski definition) is 8. The maximum absolute atomic E-state index is 13.7. The molecule has 0 unspecified atom stereocenters. The van der Waals surface area contributed by atoms with Crippen LogP contribution in [0.3, 0.4) is 0 Å². The standard InChI is InChI=1S/C20H22O8/c1-8(2)18-11(26-18)12-20(27-12)15(3)5-4-9-10(6-25-13(9)21)19(15,24)17(23)7-16(20,28-17)14(18)22/h8,11-12,23-24H,4-7H2,1-3H3/t11-,12-,15-,16+,17+,18-,19+,20+/m0/s1. The zero-order valence-corrected chi connectivity index (χ0v) is 15.9. The van der Waals surface area contributed by atoms with Gasteiger partial charge in [0.2, 0.25) is 11.6 Å². The fourth-order valence-electron chi connectivity index (χ4n) is 7.69. The number of aliphatic hydroxyl groups is 2. The zero-order valence-electron chi connectivity index (χ0n) is 15.9. The summed E-state index contributed by atoms with van der Waals surface area (Å²) in [6, 6.07) is 0. The molecule has 4 saturated heterocycles. The minimum atomic E-state index is -1.96. The third kappa shape index (κ3) is 1.11. The first kappa shape index (κ1) is 16.5. The molecule has 0 radical (unpaired) electrons. The fourth-order valence-corrected chi connectivity index (χ4v) is 7.69. The molecule has 8 aliphatic rings. The highest BCUT2D eigenvalue weighted by molar-refractivity contribution is 6.04. The third-order valence-electron chi connectivity index (χ3n) is 9.08. The Kier molecular flexibility index (Phi) is 2.27. The van der Waals surface area contributed by atoms with Gasteiger partial charge in [0.15, 0.2) is 16.8 Å². The number of esters is 1. The first-order valence-corrected chi connectivity index (χ1v) is 10.0. The summed E-state index contributed by atoms with van der Waals surface area (Å²) in [4.78, 5) is 25.8. The molecule has 0 aromatic heterocycles. The summed E-state index contributed by atoms with van der Waals surface area (Å²) in [5.41, 5.74) is -5.42. The summed E-state index contributed by atoms with van der Waals surface area (Å²) in [5, 5.41) is 23.4. The number of ether oxygens (including phenoxy) is 4. The van der Waals surface area contributed by atoms with Gasteiger partial charge in [-0.25, -0.2) is 4.79 Å². The minimum Gasteiger partial charge on any atom is -0.458 e. The second-order valence-corrected chi connectivity index (χ2v) is 10.1. The number of rotatable bonds is 1. The van der Waals surface area contributed by atoms with Gasteiger partial charge < -0.3 is 29.2 Å². The van der Waals surface area contributed by atoms with Crippen molar-refractivity contribution >= 4 is 11.8 Å². The molecule has 0 aromatic rings. The van der Waals surface area contributed by atoms with E-state index in [9.17, 15) is 19.8 Å². The van der Waals surface area contributed by atoms with Crippen LogP contribution in [-0.2, 0) is 28.5 Å². The van der Waals surface area contributed by atoms with E-state index in [0.29, 0.717) is 24.0 Å². The van der Waals surface area contributed by atoms with E-state index in [1.807, 2.05) is 20.8 Å². The van der Waals surface area contributed by atoms with Crippen molar-refractivity contribution in [2.24, 2.45) is 11.3 Å². The number of hydrogen-bond donors (Lipinski definition) is 2. The van der Waals surface area contributed by atoms with E-state index < -0.39 is 39.6 Å². The molecule has 2 spiro atoms. The van der Waals surface area contributed by atoms with Crippen LogP contribution in [0.2, 0.25) is 0 Å². The average Bonchev–Trinajstić information content (AvgIpc) is 3.48. The lowest BCUT2D eigenvalue weighted by atomic mass is 9.39. The number of carbonyl (C=O) groups excluding carboxylic acids is 2. The molecule has 8 rings (SSSR count). The predicted octanol–water partition coefficient (Wildman–Crippen LogP) is -0.254. The molecule has 0 aromatic carbocycles. The Bertz CT molecular complexity index is 946. The zero-order chi connectivity index (χ0) is 19.7. The number of ketones is 1. The van der Waals surface area contributed by atoms with E-state index in [0.717, 1.165) is 0 Å². The highest BCUT2D eigenvalue weighted by atomic mass is 16.8. The smallest absolute Gasteiger partial charge is 0.334 e. The van der Waals surface area contributed by atoms with Gasteiger partial charge in [0.1, 0.15) is 24.4 Å². The van der Waals surface area contributed by atoms with Crippen LogP contribution in [0.4, 0.5) is 0 Å². The van der Waals surface area contributed by atoms with E-state index in [2.05, 4.69) is 0 Å². The number of fused-ring (bicyclic) bond motifs is 2. The minimum absolute atomic E-state index is 0.0472. The van der Waals surface area contributed by atoms with Crippen molar-refractivity contribution in [2.75, 3.05) is 6.61 Å². The quantitative estimate of drug-likeness (QED) is 0.465. The van der Waals surface area contributed by atoms with E-state index in [4.69, 9.17) is 18.9 Å². The topological polar surface area (TPSA) is 118 Å². The Morgan fingerprint density at radius 1 is 1.14 bits per heavy atom. The molecule has 8 heteroatoms. The van der Waals surface area contributed by atoms with Crippen molar-refractivity contribution in [1.82, 2.24) is 0 Å². The Morgan fingerprint density at radius 3 is 2.54 bits per heavy atom. The van der Waals surface area contributed by atoms with Gasteiger partial charge in [-0.3, -0.25) is 4.79 Å². The molecule has 2 N–H and O–H groups in total. The molecule has 150 valence electrons. The van der Waals surface area contributed by atoms with Crippen LogP contribution in [0, 0.1) is 11.3 Å². The van der Waals surface area contributed by atoms with Crippen molar-refractivity contribution in [3.63, 3.8) is 0 Å². The number of epoxide rings is 2. The second kappa shape index (κ2) is 3.86. The SMILES string of the molecule is CC(C)[C@]12O[C@H]1[C@@H]1O[C@@]13[C@@]1(C)CCC4=C(COC4=O)[C@]1(O)[C@@]1(O)C[C@@]3(O1)C2=O. The summed E-state index contributed by atoms with van der Waals surface area (Å²) in [6.45, 7) is 5.65. The van der Waals surface area contributed by atoms with Crippen LogP contribution >= 0.6 is 0 Å². The van der Waals surface area contributed by atoms with Crippen molar-refractivity contribution < 1.29 is 38.7 Å². The van der Waals surface area contributed by atoms with Crippen LogP contribution < -0.4 is 0 Å². The summed E-state index contributed by atoms with van der Waals surface area (Å²) in [6.07, 6.45) is -0.0213. The third-order valence-corrected chi connectivity index (χ3v) is 9.08. The van der Waals surface area contributed by atoms with Crippen molar-refractivity contribution in [1.29, 1.82) is 0 Å². The fraction of sp³-hybridized carbons (Fsp3) is 0.800. The van der Waals surface area contributed by atoms with Gasteiger partial charge in [-0.15, -0.1) is 0 Å². The Hall–Kier alpha value is -1.32. The van der Waals surface area contributed by atoms with Gasteiger partial charge in [-0.05, 0) is 18.8 Å². The van der Waals surface area contributed by atoms with Gasteiger partial charge in [0.25, 0.3) is 0 Å². The molecule has 5 heterocycles. The molecular formula is C20H22O8. The average molecular weight is 390 g/mol. The summed E-state index contributed by atoms with van der Waals surface area (Å²) in [7, 11) is 0. The highest BCUT2D eigenvalue weighted by Crippen LogP contribution is 2.83. The van der Waals surface area contributed by atoms with Crippen LogP contribution in [0.25, 0.3) is 0 Å².